The summed E-state index contributed by atoms with van der Waals surface area (Å²) in [4.78, 5) is 0. The van der Waals surface area contributed by atoms with Gasteiger partial charge in [0.15, 0.2) is 0 Å². The molecule has 0 radical (unpaired) electrons. The Morgan fingerprint density at radius 3 is 2.83 bits per heavy atom. The normalized spacial score (nSPS) is 28.3. The molecule has 1 heterocycles. The van der Waals surface area contributed by atoms with Crippen LogP contribution in [-0.4, -0.2) is 25.8 Å². The molecule has 0 bridgehead atoms. The highest BCUT2D eigenvalue weighted by molar-refractivity contribution is 4.91. The van der Waals surface area contributed by atoms with Gasteiger partial charge in [0.25, 0.3) is 0 Å². The van der Waals surface area contributed by atoms with Crippen LogP contribution in [0.2, 0.25) is 0 Å². The van der Waals surface area contributed by atoms with Crippen LogP contribution in [-0.2, 0) is 4.74 Å². The number of nitrogens with one attached hydrogen (secondary N) is 1. The molecule has 70 valence electrons. The summed E-state index contributed by atoms with van der Waals surface area (Å²) in [5.74, 6) is 0.436. The summed E-state index contributed by atoms with van der Waals surface area (Å²) >= 11 is 0. The third-order valence-corrected chi connectivity index (χ3v) is 2.66. The first-order chi connectivity index (χ1) is 5.79. The van der Waals surface area contributed by atoms with Gasteiger partial charge in [-0.3, -0.25) is 0 Å². The second-order valence-corrected chi connectivity index (χ2v) is 3.50. The summed E-state index contributed by atoms with van der Waals surface area (Å²) in [6.45, 7) is 7.08. The highest BCUT2D eigenvalue weighted by Gasteiger charge is 2.27. The van der Waals surface area contributed by atoms with E-state index in [4.69, 9.17) is 4.74 Å². The Hall–Kier alpha value is -0.340. The highest BCUT2D eigenvalue weighted by atomic mass is 16.5. The van der Waals surface area contributed by atoms with E-state index in [-0.39, 0.29) is 0 Å². The Bertz CT molecular complexity index is 141. The van der Waals surface area contributed by atoms with E-state index in [1.54, 1.807) is 7.11 Å². The van der Waals surface area contributed by atoms with E-state index in [9.17, 15) is 0 Å². The molecule has 1 aliphatic heterocycles. The van der Waals surface area contributed by atoms with Crippen molar-refractivity contribution in [2.24, 2.45) is 5.92 Å². The molecule has 0 saturated carbocycles. The quantitative estimate of drug-likeness (QED) is 0.645. The van der Waals surface area contributed by atoms with Crippen LogP contribution < -0.4 is 5.32 Å². The number of hydrogen-bond acceptors (Lipinski definition) is 2. The summed E-state index contributed by atoms with van der Waals surface area (Å²) in [6, 6.07) is 0.531. The van der Waals surface area contributed by atoms with Crippen molar-refractivity contribution in [3.63, 3.8) is 0 Å². The Balaban J connectivity index is 2.47. The van der Waals surface area contributed by atoms with Gasteiger partial charge in [0.2, 0.25) is 0 Å². The van der Waals surface area contributed by atoms with Gasteiger partial charge >= 0.3 is 0 Å². The van der Waals surface area contributed by atoms with E-state index < -0.39 is 0 Å². The molecule has 3 unspecified atom stereocenters. The van der Waals surface area contributed by atoms with E-state index in [0.717, 1.165) is 6.54 Å². The second-order valence-electron chi connectivity index (χ2n) is 3.50. The summed E-state index contributed by atoms with van der Waals surface area (Å²) in [5, 5.41) is 3.45. The molecule has 0 aromatic rings. The predicted molar refractivity (Wildman–Crippen MR) is 51.2 cm³/mol. The van der Waals surface area contributed by atoms with Gasteiger partial charge in [0.05, 0.1) is 6.10 Å². The molecule has 1 rings (SSSR count). The van der Waals surface area contributed by atoms with Gasteiger partial charge < -0.3 is 10.1 Å². The average molecular weight is 169 g/mol. The number of methoxy groups -OCH3 is 1. The Morgan fingerprint density at radius 1 is 1.67 bits per heavy atom. The Morgan fingerprint density at radius 2 is 2.42 bits per heavy atom. The van der Waals surface area contributed by atoms with E-state index in [2.05, 4.69) is 18.8 Å². The van der Waals surface area contributed by atoms with Crippen molar-refractivity contribution in [3.8, 4) is 0 Å². The summed E-state index contributed by atoms with van der Waals surface area (Å²) in [6.07, 6.45) is 4.77. The van der Waals surface area contributed by atoms with Crippen LogP contribution in [0.5, 0.6) is 0 Å². The molecule has 1 fully saturated rings. The van der Waals surface area contributed by atoms with E-state index in [0.29, 0.717) is 18.1 Å². The minimum absolute atomic E-state index is 0.296. The highest BCUT2D eigenvalue weighted by Crippen LogP contribution is 2.18. The first-order valence-corrected chi connectivity index (χ1v) is 4.68. The fraction of sp³-hybridized carbons (Fsp3) is 0.800. The van der Waals surface area contributed by atoms with Crippen LogP contribution in [0.15, 0.2) is 12.7 Å². The molecule has 1 saturated heterocycles. The topological polar surface area (TPSA) is 21.3 Å². The predicted octanol–water partition coefficient (Wildman–Crippen LogP) is 1.58. The Labute approximate surface area is 75.0 Å². The van der Waals surface area contributed by atoms with Gasteiger partial charge in [-0.1, -0.05) is 13.0 Å². The first-order valence-electron chi connectivity index (χ1n) is 4.68. The first kappa shape index (κ1) is 9.75. The van der Waals surface area contributed by atoms with Crippen molar-refractivity contribution in [3.05, 3.63) is 12.7 Å². The van der Waals surface area contributed by atoms with Crippen LogP contribution in [0, 0.1) is 5.92 Å². The number of hydrogen-bond donors (Lipinski definition) is 1. The lowest BCUT2D eigenvalue weighted by molar-refractivity contribution is 0.0474. The number of ether oxygens (including phenoxy) is 1. The SMILES string of the molecule is C=CC(C)C(OC)C1CCCN1. The maximum atomic E-state index is 5.45. The van der Waals surface area contributed by atoms with Crippen LogP contribution in [0.1, 0.15) is 19.8 Å². The lowest BCUT2D eigenvalue weighted by Crippen LogP contribution is -2.39. The molecular weight excluding hydrogens is 150 g/mol. The molecule has 0 aliphatic carbocycles. The molecule has 0 aromatic heterocycles. The summed E-state index contributed by atoms with van der Waals surface area (Å²) < 4.78 is 5.45. The number of rotatable bonds is 4. The lowest BCUT2D eigenvalue weighted by Gasteiger charge is -2.26. The zero-order valence-corrected chi connectivity index (χ0v) is 8.05. The van der Waals surface area contributed by atoms with Gasteiger partial charge in [0.1, 0.15) is 0 Å². The van der Waals surface area contributed by atoms with Gasteiger partial charge in [0, 0.05) is 19.1 Å². The molecular formula is C10H19NO. The molecule has 2 nitrogen and oxygen atoms in total. The lowest BCUT2D eigenvalue weighted by atomic mass is 9.97. The minimum atomic E-state index is 0.296. The van der Waals surface area contributed by atoms with Crippen molar-refractivity contribution >= 4 is 0 Å². The third-order valence-electron chi connectivity index (χ3n) is 2.66. The molecule has 2 heteroatoms. The van der Waals surface area contributed by atoms with Crippen molar-refractivity contribution in [1.82, 2.24) is 5.32 Å². The van der Waals surface area contributed by atoms with Crippen LogP contribution in [0.4, 0.5) is 0 Å². The molecule has 0 aromatic carbocycles. The van der Waals surface area contributed by atoms with Gasteiger partial charge in [-0.25, -0.2) is 0 Å². The molecule has 0 spiro atoms. The summed E-state index contributed by atoms with van der Waals surface area (Å²) in [7, 11) is 1.78. The van der Waals surface area contributed by atoms with Gasteiger partial charge in [-0.05, 0) is 19.4 Å². The smallest absolute Gasteiger partial charge is 0.0783 e. The standard InChI is InChI=1S/C10H19NO/c1-4-8(2)10(12-3)9-6-5-7-11-9/h4,8-11H,1,5-7H2,2-3H3. The zero-order chi connectivity index (χ0) is 8.97. The van der Waals surface area contributed by atoms with E-state index in [1.165, 1.54) is 12.8 Å². The molecule has 0 amide bonds. The van der Waals surface area contributed by atoms with Crippen LogP contribution in [0.3, 0.4) is 0 Å². The monoisotopic (exact) mass is 169 g/mol. The van der Waals surface area contributed by atoms with Gasteiger partial charge in [-0.15, -0.1) is 6.58 Å². The average Bonchev–Trinajstić information content (AvgIpc) is 2.58. The van der Waals surface area contributed by atoms with Crippen molar-refractivity contribution < 1.29 is 4.74 Å². The van der Waals surface area contributed by atoms with Crippen molar-refractivity contribution in [1.29, 1.82) is 0 Å². The fourth-order valence-electron chi connectivity index (χ4n) is 1.87. The van der Waals surface area contributed by atoms with Gasteiger partial charge in [-0.2, -0.15) is 0 Å². The molecule has 3 atom stereocenters. The maximum Gasteiger partial charge on any atom is 0.0783 e. The molecule has 12 heavy (non-hydrogen) atoms. The van der Waals surface area contributed by atoms with E-state index in [1.807, 2.05) is 6.08 Å². The summed E-state index contributed by atoms with van der Waals surface area (Å²) in [5.41, 5.74) is 0. The third kappa shape index (κ3) is 2.08. The Kier molecular flexibility index (Phi) is 3.76. The molecule has 1 aliphatic rings. The van der Waals surface area contributed by atoms with E-state index >= 15 is 0 Å². The maximum absolute atomic E-state index is 5.45. The minimum Gasteiger partial charge on any atom is -0.379 e. The molecule has 1 N–H and O–H groups in total. The zero-order valence-electron chi connectivity index (χ0n) is 8.05. The van der Waals surface area contributed by atoms with Crippen LogP contribution in [0.25, 0.3) is 0 Å². The fourth-order valence-corrected chi connectivity index (χ4v) is 1.87. The second kappa shape index (κ2) is 4.63. The van der Waals surface area contributed by atoms with Crippen molar-refractivity contribution in [2.75, 3.05) is 13.7 Å². The van der Waals surface area contributed by atoms with Crippen molar-refractivity contribution in [2.45, 2.75) is 31.9 Å². The largest absolute Gasteiger partial charge is 0.379 e. The van der Waals surface area contributed by atoms with Crippen LogP contribution >= 0.6 is 0 Å².